The molecule has 0 radical (unpaired) electrons. The number of aromatic hydroxyl groups is 1. The van der Waals surface area contributed by atoms with E-state index in [0.717, 1.165) is 0 Å². The van der Waals surface area contributed by atoms with Crippen molar-refractivity contribution in [2.75, 3.05) is 0 Å². The molecule has 1 heterocycles. The van der Waals surface area contributed by atoms with E-state index < -0.39 is 0 Å². The molecule has 0 atom stereocenters. The van der Waals surface area contributed by atoms with Gasteiger partial charge in [-0.1, -0.05) is 0 Å². The maximum Gasteiger partial charge on any atom is 0.251 e. The number of hydrogen-bond donors (Lipinski definition) is 2. The van der Waals surface area contributed by atoms with Crippen LogP contribution in [0.5, 0.6) is 5.75 Å². The Morgan fingerprint density at radius 1 is 1.44 bits per heavy atom. The number of aromatic nitrogens is 1. The minimum Gasteiger partial charge on any atom is -0.508 e. The Kier molecular flexibility index (Phi) is 3.32. The molecule has 0 aliphatic carbocycles. The fourth-order valence-electron chi connectivity index (χ4n) is 1.54. The SMILES string of the molecule is Cc1cnc(CNC(=O)c2ccc(O)c(C)c2)o1. The second-order valence-corrected chi connectivity index (χ2v) is 4.05. The van der Waals surface area contributed by atoms with E-state index in [0.29, 0.717) is 22.8 Å². The molecule has 2 aromatic rings. The maximum absolute atomic E-state index is 11.8. The molecular weight excluding hydrogens is 232 g/mol. The zero-order valence-electron chi connectivity index (χ0n) is 10.2. The Morgan fingerprint density at radius 2 is 2.22 bits per heavy atom. The summed E-state index contributed by atoms with van der Waals surface area (Å²) >= 11 is 0. The van der Waals surface area contributed by atoms with Gasteiger partial charge in [0, 0.05) is 5.56 Å². The zero-order chi connectivity index (χ0) is 13.1. The molecule has 0 saturated carbocycles. The van der Waals surface area contributed by atoms with E-state index in [2.05, 4.69) is 10.3 Å². The van der Waals surface area contributed by atoms with Crippen LogP contribution in [0.3, 0.4) is 0 Å². The summed E-state index contributed by atoms with van der Waals surface area (Å²) in [5.74, 6) is 1.12. The molecule has 0 spiro atoms. The van der Waals surface area contributed by atoms with Crippen molar-refractivity contribution in [1.82, 2.24) is 10.3 Å². The average molecular weight is 246 g/mol. The van der Waals surface area contributed by atoms with Gasteiger partial charge in [-0.3, -0.25) is 4.79 Å². The molecule has 0 aliphatic rings. The third-order valence-corrected chi connectivity index (χ3v) is 2.53. The van der Waals surface area contributed by atoms with Gasteiger partial charge in [-0.2, -0.15) is 0 Å². The number of carbonyl (C=O) groups excluding carboxylic acids is 1. The van der Waals surface area contributed by atoms with Crippen LogP contribution in [0.2, 0.25) is 0 Å². The van der Waals surface area contributed by atoms with Crippen LogP contribution in [0.25, 0.3) is 0 Å². The Balaban J connectivity index is 2.01. The molecule has 1 amide bonds. The molecule has 5 nitrogen and oxygen atoms in total. The first kappa shape index (κ1) is 12.2. The highest BCUT2D eigenvalue weighted by atomic mass is 16.4. The van der Waals surface area contributed by atoms with Crippen LogP contribution < -0.4 is 5.32 Å². The number of rotatable bonds is 3. The number of hydrogen-bond acceptors (Lipinski definition) is 4. The van der Waals surface area contributed by atoms with Crippen LogP contribution in [-0.4, -0.2) is 16.0 Å². The molecule has 0 saturated heterocycles. The van der Waals surface area contributed by atoms with Gasteiger partial charge in [0.05, 0.1) is 12.7 Å². The number of benzene rings is 1. The molecule has 5 heteroatoms. The molecule has 18 heavy (non-hydrogen) atoms. The lowest BCUT2D eigenvalue weighted by atomic mass is 10.1. The van der Waals surface area contributed by atoms with Crippen LogP contribution in [-0.2, 0) is 6.54 Å². The number of aryl methyl sites for hydroxylation is 2. The van der Waals surface area contributed by atoms with Crippen molar-refractivity contribution in [3.05, 3.63) is 47.2 Å². The molecule has 2 rings (SSSR count). The standard InChI is InChI=1S/C13H14N2O3/c1-8-5-10(3-4-11(8)16)13(17)15-7-12-14-6-9(2)18-12/h3-6,16H,7H2,1-2H3,(H,15,17). The topological polar surface area (TPSA) is 75.4 Å². The van der Waals surface area contributed by atoms with Gasteiger partial charge in [0.25, 0.3) is 5.91 Å². The molecule has 0 aliphatic heterocycles. The fraction of sp³-hybridized carbons (Fsp3) is 0.231. The fourth-order valence-corrected chi connectivity index (χ4v) is 1.54. The van der Waals surface area contributed by atoms with E-state index in [1.54, 1.807) is 32.2 Å². The number of carbonyl (C=O) groups is 1. The summed E-state index contributed by atoms with van der Waals surface area (Å²) in [7, 11) is 0. The second-order valence-electron chi connectivity index (χ2n) is 4.05. The minimum atomic E-state index is -0.228. The highest BCUT2D eigenvalue weighted by molar-refractivity contribution is 5.94. The predicted octanol–water partition coefficient (Wildman–Crippen LogP) is 1.93. The Morgan fingerprint density at radius 3 is 2.83 bits per heavy atom. The molecule has 0 unspecified atom stereocenters. The predicted molar refractivity (Wildman–Crippen MR) is 65.3 cm³/mol. The Hall–Kier alpha value is -2.30. The average Bonchev–Trinajstić information content (AvgIpc) is 2.75. The summed E-state index contributed by atoms with van der Waals surface area (Å²) in [6, 6.07) is 4.70. The van der Waals surface area contributed by atoms with E-state index >= 15 is 0 Å². The van der Waals surface area contributed by atoms with E-state index in [9.17, 15) is 9.90 Å². The van der Waals surface area contributed by atoms with Gasteiger partial charge >= 0.3 is 0 Å². The van der Waals surface area contributed by atoms with Crippen LogP contribution in [0, 0.1) is 13.8 Å². The number of phenols is 1. The number of oxazole rings is 1. The first-order chi connectivity index (χ1) is 8.56. The van der Waals surface area contributed by atoms with E-state index in [1.165, 1.54) is 6.07 Å². The highest BCUT2D eigenvalue weighted by Crippen LogP contribution is 2.16. The lowest BCUT2D eigenvalue weighted by Gasteiger charge is -2.04. The summed E-state index contributed by atoms with van der Waals surface area (Å²) in [6.45, 7) is 3.78. The van der Waals surface area contributed by atoms with Crippen molar-refractivity contribution in [1.29, 1.82) is 0 Å². The summed E-state index contributed by atoms with van der Waals surface area (Å²) in [5, 5.41) is 12.1. The first-order valence-corrected chi connectivity index (χ1v) is 5.55. The van der Waals surface area contributed by atoms with Crippen molar-refractivity contribution in [2.24, 2.45) is 0 Å². The van der Waals surface area contributed by atoms with Crippen LogP contribution in [0.15, 0.2) is 28.8 Å². The van der Waals surface area contributed by atoms with Crippen molar-refractivity contribution < 1.29 is 14.3 Å². The largest absolute Gasteiger partial charge is 0.508 e. The van der Waals surface area contributed by atoms with Crippen molar-refractivity contribution in [3.63, 3.8) is 0 Å². The summed E-state index contributed by atoms with van der Waals surface area (Å²) < 4.78 is 5.25. The third-order valence-electron chi connectivity index (χ3n) is 2.53. The molecule has 1 aromatic carbocycles. The summed E-state index contributed by atoms with van der Waals surface area (Å²) in [4.78, 5) is 15.8. The Labute approximate surface area is 104 Å². The van der Waals surface area contributed by atoms with Gasteiger partial charge in [-0.05, 0) is 37.6 Å². The minimum absolute atomic E-state index is 0.176. The van der Waals surface area contributed by atoms with Gasteiger partial charge in [-0.25, -0.2) is 4.98 Å². The third kappa shape index (κ3) is 2.68. The van der Waals surface area contributed by atoms with Gasteiger partial charge in [0.1, 0.15) is 11.5 Å². The number of amides is 1. The molecule has 0 fully saturated rings. The highest BCUT2D eigenvalue weighted by Gasteiger charge is 2.08. The van der Waals surface area contributed by atoms with Crippen LogP contribution in [0.4, 0.5) is 0 Å². The zero-order valence-corrected chi connectivity index (χ0v) is 10.2. The first-order valence-electron chi connectivity index (χ1n) is 5.55. The maximum atomic E-state index is 11.8. The van der Waals surface area contributed by atoms with Gasteiger partial charge in [0.15, 0.2) is 0 Å². The number of nitrogens with one attached hydrogen (secondary N) is 1. The Bertz CT molecular complexity index is 575. The summed E-state index contributed by atoms with van der Waals surface area (Å²) in [6.07, 6.45) is 1.60. The molecule has 1 aromatic heterocycles. The smallest absolute Gasteiger partial charge is 0.251 e. The quantitative estimate of drug-likeness (QED) is 0.867. The lowest BCUT2D eigenvalue weighted by molar-refractivity contribution is 0.0947. The van der Waals surface area contributed by atoms with Crippen LogP contribution >= 0.6 is 0 Å². The van der Waals surface area contributed by atoms with E-state index in [-0.39, 0.29) is 18.2 Å². The monoisotopic (exact) mass is 246 g/mol. The van der Waals surface area contributed by atoms with E-state index in [1.807, 2.05) is 0 Å². The molecule has 0 bridgehead atoms. The molecular formula is C13H14N2O3. The normalized spacial score (nSPS) is 10.3. The summed E-state index contributed by atoms with van der Waals surface area (Å²) in [5.41, 5.74) is 1.16. The van der Waals surface area contributed by atoms with Crippen molar-refractivity contribution in [3.8, 4) is 5.75 Å². The molecule has 2 N–H and O–H groups in total. The number of phenolic OH excluding ortho intramolecular Hbond substituents is 1. The molecule has 94 valence electrons. The van der Waals surface area contributed by atoms with E-state index in [4.69, 9.17) is 4.42 Å². The number of nitrogens with zero attached hydrogens (tertiary/aromatic N) is 1. The van der Waals surface area contributed by atoms with Crippen molar-refractivity contribution in [2.45, 2.75) is 20.4 Å². The van der Waals surface area contributed by atoms with Gasteiger partial charge in [-0.15, -0.1) is 0 Å². The lowest BCUT2D eigenvalue weighted by Crippen LogP contribution is -2.22. The second kappa shape index (κ2) is 4.91. The van der Waals surface area contributed by atoms with Gasteiger partial charge < -0.3 is 14.8 Å². The van der Waals surface area contributed by atoms with Crippen molar-refractivity contribution >= 4 is 5.91 Å². The van der Waals surface area contributed by atoms with Gasteiger partial charge in [0.2, 0.25) is 5.89 Å². The van der Waals surface area contributed by atoms with Crippen LogP contribution in [0.1, 0.15) is 27.6 Å².